The Hall–Kier alpha value is -2.97. The molecule has 0 aromatic rings. The predicted octanol–water partition coefficient (Wildman–Crippen LogP) is 10.2. The minimum atomic E-state index is -0.891. The Morgan fingerprint density at radius 1 is 0.608 bits per heavy atom. The lowest BCUT2D eigenvalue weighted by Gasteiger charge is -2.31. The minimum absolute atomic E-state index is 0.0206. The molecule has 0 saturated carbocycles. The fourth-order valence-electron chi connectivity index (χ4n) is 5.40. The molecule has 0 saturated heterocycles. The van der Waals surface area contributed by atoms with E-state index in [2.05, 4.69) is 62.5 Å². The van der Waals surface area contributed by atoms with Crippen molar-refractivity contribution in [2.75, 3.05) is 41.0 Å². The van der Waals surface area contributed by atoms with E-state index in [9.17, 15) is 19.5 Å². The highest BCUT2D eigenvalue weighted by Gasteiger charge is 2.31. The SMILES string of the molecule is CC/C=C\C/C=C\C/C=C\C/C=C\C/C=C\CC(=O)OC(COCCC(C(=O)O)[N+](C)(C)C)COC(=O)CCCCCCCCCCCCCC. The highest BCUT2D eigenvalue weighted by atomic mass is 16.6. The van der Waals surface area contributed by atoms with Gasteiger partial charge in [-0.2, -0.15) is 0 Å². The lowest BCUT2D eigenvalue weighted by Crippen LogP contribution is -2.50. The number of allylic oxidation sites excluding steroid dienone is 9. The number of carboxylic acid groups (broad SMARTS) is 1. The van der Waals surface area contributed by atoms with Crippen LogP contribution in [0.3, 0.4) is 0 Å². The van der Waals surface area contributed by atoms with E-state index in [4.69, 9.17) is 14.2 Å². The quantitative estimate of drug-likeness (QED) is 0.0306. The van der Waals surface area contributed by atoms with Crippen LogP contribution in [0.25, 0.3) is 0 Å². The number of carboxylic acids is 1. The summed E-state index contributed by atoms with van der Waals surface area (Å²) in [5, 5.41) is 9.58. The molecule has 0 aromatic carbocycles. The van der Waals surface area contributed by atoms with Gasteiger partial charge in [0.15, 0.2) is 12.1 Å². The maximum absolute atomic E-state index is 12.6. The number of hydrogen-bond acceptors (Lipinski definition) is 6. The first kappa shape index (κ1) is 48.0. The van der Waals surface area contributed by atoms with E-state index < -0.39 is 24.1 Å². The van der Waals surface area contributed by atoms with Crippen LogP contribution in [0.15, 0.2) is 60.8 Å². The van der Waals surface area contributed by atoms with Gasteiger partial charge in [0.25, 0.3) is 0 Å². The van der Waals surface area contributed by atoms with Gasteiger partial charge < -0.3 is 23.8 Å². The van der Waals surface area contributed by atoms with E-state index in [-0.39, 0.29) is 36.7 Å². The number of esters is 2. The van der Waals surface area contributed by atoms with Crippen LogP contribution in [0, 0.1) is 0 Å². The molecule has 8 heteroatoms. The summed E-state index contributed by atoms with van der Waals surface area (Å²) in [5.74, 6) is -1.63. The zero-order valence-corrected chi connectivity index (χ0v) is 33.0. The predicted molar refractivity (Wildman–Crippen MR) is 211 cm³/mol. The molecular formula is C43H74NO7+. The summed E-state index contributed by atoms with van der Waals surface area (Å²) in [5.41, 5.74) is 0. The van der Waals surface area contributed by atoms with Gasteiger partial charge in [-0.1, -0.05) is 145 Å². The van der Waals surface area contributed by atoms with Crippen LogP contribution < -0.4 is 0 Å². The molecule has 1 N–H and O–H groups in total. The molecule has 8 nitrogen and oxygen atoms in total. The van der Waals surface area contributed by atoms with Crippen LogP contribution in [0.2, 0.25) is 0 Å². The fourth-order valence-corrected chi connectivity index (χ4v) is 5.40. The lowest BCUT2D eigenvalue weighted by atomic mass is 10.0. The normalized spacial score (nSPS) is 13.7. The number of unbranched alkanes of at least 4 members (excludes halogenated alkanes) is 11. The fraction of sp³-hybridized carbons (Fsp3) is 0.698. The Bertz CT molecular complexity index is 1020. The molecule has 0 fully saturated rings. The molecule has 2 unspecified atom stereocenters. The number of ether oxygens (including phenoxy) is 3. The first-order valence-electron chi connectivity index (χ1n) is 19.8. The highest BCUT2D eigenvalue weighted by Crippen LogP contribution is 2.13. The monoisotopic (exact) mass is 717 g/mol. The van der Waals surface area contributed by atoms with Gasteiger partial charge in [0.05, 0.1) is 40.8 Å². The third-order valence-corrected chi connectivity index (χ3v) is 8.46. The van der Waals surface area contributed by atoms with Crippen molar-refractivity contribution in [2.24, 2.45) is 0 Å². The van der Waals surface area contributed by atoms with Crippen molar-refractivity contribution < 1.29 is 38.2 Å². The molecule has 0 bridgehead atoms. The summed E-state index contributed by atoms with van der Waals surface area (Å²) in [6.45, 7) is 4.49. The van der Waals surface area contributed by atoms with E-state index in [1.54, 1.807) is 6.08 Å². The Morgan fingerprint density at radius 3 is 1.55 bits per heavy atom. The molecule has 2 atom stereocenters. The third-order valence-electron chi connectivity index (χ3n) is 8.46. The number of carbonyl (C=O) groups is 3. The summed E-state index contributed by atoms with van der Waals surface area (Å²) >= 11 is 0. The van der Waals surface area contributed by atoms with Crippen molar-refractivity contribution >= 4 is 17.9 Å². The number of nitrogens with zero attached hydrogens (tertiary/aromatic N) is 1. The molecular weight excluding hydrogens is 642 g/mol. The van der Waals surface area contributed by atoms with Gasteiger partial charge in [-0.15, -0.1) is 0 Å². The summed E-state index contributed by atoms with van der Waals surface area (Å²) in [6.07, 6.45) is 40.0. The van der Waals surface area contributed by atoms with E-state index in [0.29, 0.717) is 19.3 Å². The first-order valence-corrected chi connectivity index (χ1v) is 19.8. The van der Waals surface area contributed by atoms with Crippen molar-refractivity contribution in [1.29, 1.82) is 0 Å². The van der Waals surface area contributed by atoms with Crippen LogP contribution in [0.4, 0.5) is 0 Å². The molecule has 0 aliphatic rings. The molecule has 51 heavy (non-hydrogen) atoms. The maximum atomic E-state index is 12.6. The Balaban J connectivity index is 4.56. The average Bonchev–Trinajstić information content (AvgIpc) is 3.08. The third kappa shape index (κ3) is 32.7. The molecule has 0 spiro atoms. The van der Waals surface area contributed by atoms with Gasteiger partial charge in [0, 0.05) is 12.8 Å². The second-order valence-electron chi connectivity index (χ2n) is 14.2. The number of likely N-dealkylation sites (N-methyl/N-ethyl adjacent to an activating group) is 1. The number of carbonyl (C=O) groups excluding carboxylic acids is 2. The number of quaternary nitrogens is 1. The van der Waals surface area contributed by atoms with Gasteiger partial charge in [0.2, 0.25) is 0 Å². The van der Waals surface area contributed by atoms with Crippen LogP contribution in [-0.4, -0.2) is 80.6 Å². The van der Waals surface area contributed by atoms with Gasteiger partial charge in [-0.05, 0) is 38.5 Å². The first-order chi connectivity index (χ1) is 24.6. The van der Waals surface area contributed by atoms with Gasteiger partial charge in [-0.25, -0.2) is 4.79 Å². The van der Waals surface area contributed by atoms with Crippen LogP contribution >= 0.6 is 0 Å². The molecule has 0 radical (unpaired) electrons. The van der Waals surface area contributed by atoms with Crippen molar-refractivity contribution in [3.8, 4) is 0 Å². The lowest BCUT2D eigenvalue weighted by molar-refractivity contribution is -0.887. The molecule has 0 aromatic heterocycles. The smallest absolute Gasteiger partial charge is 0.362 e. The van der Waals surface area contributed by atoms with E-state index in [0.717, 1.165) is 44.9 Å². The molecule has 0 amide bonds. The Labute approximate surface area is 311 Å². The minimum Gasteiger partial charge on any atom is -0.477 e. The maximum Gasteiger partial charge on any atom is 0.362 e. The van der Waals surface area contributed by atoms with Crippen molar-refractivity contribution in [1.82, 2.24) is 0 Å². The second-order valence-corrected chi connectivity index (χ2v) is 14.2. The molecule has 0 heterocycles. The van der Waals surface area contributed by atoms with Gasteiger partial charge in [0.1, 0.15) is 6.61 Å². The Kier molecular flexibility index (Phi) is 32.1. The van der Waals surface area contributed by atoms with Crippen LogP contribution in [0.5, 0.6) is 0 Å². The zero-order chi connectivity index (χ0) is 37.8. The van der Waals surface area contributed by atoms with E-state index >= 15 is 0 Å². The standard InChI is InChI=1S/C43H73NO7/c1-6-8-10-12-14-16-18-20-21-22-24-26-28-30-32-34-42(46)51-39(37-49-36-35-40(43(47)48)44(3,4)5)38-50-41(45)33-31-29-27-25-23-19-17-15-13-11-9-7-2/h8,10,14,16,20-21,24,26,30,32,39-40H,6-7,9,11-13,15,17-19,22-23,25,27-29,31,33-38H2,1-5H3/p+1/b10-8-,16-14-,21-20-,26-24-,32-30-. The van der Waals surface area contributed by atoms with E-state index in [1.807, 2.05) is 27.2 Å². The zero-order valence-electron chi connectivity index (χ0n) is 33.0. The molecule has 0 aliphatic heterocycles. The topological polar surface area (TPSA) is 99.1 Å². The molecule has 0 rings (SSSR count). The number of hydrogen-bond donors (Lipinski definition) is 1. The molecule has 0 aliphatic carbocycles. The number of rotatable bonds is 34. The summed E-state index contributed by atoms with van der Waals surface area (Å²) in [7, 11) is 5.48. The van der Waals surface area contributed by atoms with Crippen molar-refractivity contribution in [2.45, 2.75) is 154 Å². The molecule has 292 valence electrons. The highest BCUT2D eigenvalue weighted by molar-refractivity contribution is 5.72. The summed E-state index contributed by atoms with van der Waals surface area (Å²) in [4.78, 5) is 36.7. The van der Waals surface area contributed by atoms with Gasteiger partial charge in [-0.3, -0.25) is 9.59 Å². The van der Waals surface area contributed by atoms with Gasteiger partial charge >= 0.3 is 17.9 Å². The van der Waals surface area contributed by atoms with Crippen molar-refractivity contribution in [3.05, 3.63) is 60.8 Å². The van der Waals surface area contributed by atoms with Crippen LogP contribution in [0.1, 0.15) is 142 Å². The Morgan fingerprint density at radius 2 is 1.08 bits per heavy atom. The summed E-state index contributed by atoms with van der Waals surface area (Å²) in [6, 6.07) is -0.630. The van der Waals surface area contributed by atoms with Crippen molar-refractivity contribution in [3.63, 3.8) is 0 Å². The largest absolute Gasteiger partial charge is 0.477 e. The number of aliphatic carboxylic acids is 1. The van der Waals surface area contributed by atoms with E-state index in [1.165, 1.54) is 57.8 Å². The second kappa shape index (κ2) is 34.1. The summed E-state index contributed by atoms with van der Waals surface area (Å²) < 4.78 is 17.1. The van der Waals surface area contributed by atoms with Crippen LogP contribution in [-0.2, 0) is 28.6 Å². The average molecular weight is 717 g/mol.